The lowest BCUT2D eigenvalue weighted by Gasteiger charge is -2.04. The largest absolute Gasteiger partial charge is 0.484 e. The topological polar surface area (TPSA) is 50.7 Å². The molecule has 1 fully saturated rings. The molecule has 4 heteroatoms. The minimum atomic E-state index is -0.215. The van der Waals surface area contributed by atoms with Crippen molar-refractivity contribution in [2.75, 3.05) is 6.61 Å². The second-order valence-corrected chi connectivity index (χ2v) is 4.02. The predicted octanol–water partition coefficient (Wildman–Crippen LogP) is 2.11. The van der Waals surface area contributed by atoms with Gasteiger partial charge in [-0.2, -0.15) is 5.10 Å². The van der Waals surface area contributed by atoms with Crippen LogP contribution in [0.4, 0.5) is 0 Å². The van der Waals surface area contributed by atoms with Crippen molar-refractivity contribution in [1.29, 1.82) is 0 Å². The zero-order valence-electron chi connectivity index (χ0n) is 9.69. The third-order valence-electron chi connectivity index (χ3n) is 2.63. The fourth-order valence-electron chi connectivity index (χ4n) is 1.73. The molecule has 1 saturated carbocycles. The summed E-state index contributed by atoms with van der Waals surface area (Å²) >= 11 is 0. The van der Waals surface area contributed by atoms with E-state index in [-0.39, 0.29) is 12.5 Å². The van der Waals surface area contributed by atoms with Crippen LogP contribution in [0.2, 0.25) is 0 Å². The smallest absolute Gasteiger partial charge is 0.277 e. The van der Waals surface area contributed by atoms with E-state index in [4.69, 9.17) is 4.74 Å². The summed E-state index contributed by atoms with van der Waals surface area (Å²) < 4.78 is 5.30. The number of amides is 1. The zero-order valence-corrected chi connectivity index (χ0v) is 9.69. The van der Waals surface area contributed by atoms with E-state index in [0.717, 1.165) is 18.6 Å². The highest BCUT2D eigenvalue weighted by molar-refractivity contribution is 5.87. The summed E-state index contributed by atoms with van der Waals surface area (Å²) in [5, 5.41) is 4.07. The van der Waals surface area contributed by atoms with Crippen LogP contribution in [-0.4, -0.2) is 18.2 Å². The van der Waals surface area contributed by atoms with E-state index >= 15 is 0 Å². The monoisotopic (exact) mass is 232 g/mol. The van der Waals surface area contributed by atoms with Gasteiger partial charge in [-0.3, -0.25) is 4.79 Å². The predicted molar refractivity (Wildman–Crippen MR) is 66.0 cm³/mol. The fraction of sp³-hybridized carbons (Fsp3) is 0.385. The number of para-hydroxylation sites is 1. The Balaban J connectivity index is 1.72. The van der Waals surface area contributed by atoms with Crippen molar-refractivity contribution in [2.45, 2.75) is 25.7 Å². The van der Waals surface area contributed by atoms with Gasteiger partial charge in [0.2, 0.25) is 0 Å². The van der Waals surface area contributed by atoms with E-state index in [1.165, 1.54) is 12.8 Å². The van der Waals surface area contributed by atoms with Crippen LogP contribution in [-0.2, 0) is 4.79 Å². The molecule has 0 radical (unpaired) electrons. The van der Waals surface area contributed by atoms with E-state index < -0.39 is 0 Å². The molecule has 0 aromatic heterocycles. The maximum absolute atomic E-state index is 11.4. The minimum Gasteiger partial charge on any atom is -0.484 e. The quantitative estimate of drug-likeness (QED) is 0.808. The number of benzene rings is 1. The summed E-state index contributed by atoms with van der Waals surface area (Å²) in [5.41, 5.74) is 3.60. The average Bonchev–Trinajstić information content (AvgIpc) is 2.88. The van der Waals surface area contributed by atoms with Gasteiger partial charge in [0.25, 0.3) is 5.91 Å². The lowest BCUT2D eigenvalue weighted by molar-refractivity contribution is -0.123. The SMILES string of the molecule is O=C(COc1ccccc1)NN=C1CCCC1. The minimum absolute atomic E-state index is 0.000787. The molecule has 0 heterocycles. The van der Waals surface area contributed by atoms with Gasteiger partial charge in [-0.1, -0.05) is 18.2 Å². The van der Waals surface area contributed by atoms with Gasteiger partial charge in [-0.25, -0.2) is 5.43 Å². The second-order valence-electron chi connectivity index (χ2n) is 4.02. The lowest BCUT2D eigenvalue weighted by Crippen LogP contribution is -2.25. The fourth-order valence-corrected chi connectivity index (χ4v) is 1.73. The van der Waals surface area contributed by atoms with Gasteiger partial charge in [0.15, 0.2) is 6.61 Å². The van der Waals surface area contributed by atoms with E-state index in [1.807, 2.05) is 30.3 Å². The first-order valence-electron chi connectivity index (χ1n) is 5.87. The van der Waals surface area contributed by atoms with Crippen molar-refractivity contribution in [1.82, 2.24) is 5.43 Å². The van der Waals surface area contributed by atoms with Crippen molar-refractivity contribution in [3.63, 3.8) is 0 Å². The number of nitrogens with zero attached hydrogens (tertiary/aromatic N) is 1. The first kappa shape index (κ1) is 11.6. The van der Waals surface area contributed by atoms with Crippen LogP contribution in [0.5, 0.6) is 5.75 Å². The van der Waals surface area contributed by atoms with Gasteiger partial charge in [-0.15, -0.1) is 0 Å². The van der Waals surface area contributed by atoms with Gasteiger partial charge >= 0.3 is 0 Å². The Bertz CT molecular complexity index is 393. The van der Waals surface area contributed by atoms with E-state index in [9.17, 15) is 4.79 Å². The summed E-state index contributed by atoms with van der Waals surface area (Å²) in [7, 11) is 0. The van der Waals surface area contributed by atoms with Gasteiger partial charge in [-0.05, 0) is 37.8 Å². The Labute approximate surface area is 101 Å². The Hall–Kier alpha value is -1.84. The third-order valence-corrected chi connectivity index (χ3v) is 2.63. The zero-order chi connectivity index (χ0) is 11.9. The van der Waals surface area contributed by atoms with Gasteiger partial charge in [0.05, 0.1) is 0 Å². The van der Waals surface area contributed by atoms with Crippen LogP contribution in [0, 0.1) is 0 Å². The number of nitrogens with one attached hydrogen (secondary N) is 1. The highest BCUT2D eigenvalue weighted by Crippen LogP contribution is 2.13. The summed E-state index contributed by atoms with van der Waals surface area (Å²) in [6, 6.07) is 9.27. The molecule has 4 nitrogen and oxygen atoms in total. The standard InChI is InChI=1S/C13H16N2O2/c16-13(15-14-11-6-4-5-7-11)10-17-12-8-2-1-3-9-12/h1-3,8-9H,4-7,10H2,(H,15,16). The molecular formula is C13H16N2O2. The molecule has 0 saturated heterocycles. The summed E-state index contributed by atoms with van der Waals surface area (Å²) in [6.07, 6.45) is 4.35. The molecule has 1 N–H and O–H groups in total. The summed E-state index contributed by atoms with van der Waals surface area (Å²) in [5.74, 6) is 0.476. The molecule has 0 aliphatic heterocycles. The molecule has 17 heavy (non-hydrogen) atoms. The number of carbonyl (C=O) groups is 1. The van der Waals surface area contributed by atoms with Crippen LogP contribution in [0.1, 0.15) is 25.7 Å². The van der Waals surface area contributed by atoms with Crippen LogP contribution in [0.25, 0.3) is 0 Å². The molecule has 90 valence electrons. The van der Waals surface area contributed by atoms with Crippen LogP contribution < -0.4 is 10.2 Å². The number of rotatable bonds is 4. The van der Waals surface area contributed by atoms with Crippen molar-refractivity contribution < 1.29 is 9.53 Å². The van der Waals surface area contributed by atoms with Crippen LogP contribution >= 0.6 is 0 Å². The molecule has 0 bridgehead atoms. The lowest BCUT2D eigenvalue weighted by atomic mass is 10.3. The normalized spacial score (nSPS) is 14.5. The highest BCUT2D eigenvalue weighted by Gasteiger charge is 2.08. The van der Waals surface area contributed by atoms with Crippen molar-refractivity contribution in [3.8, 4) is 5.75 Å². The van der Waals surface area contributed by atoms with Gasteiger partial charge < -0.3 is 4.74 Å². The molecule has 0 atom stereocenters. The van der Waals surface area contributed by atoms with Crippen LogP contribution in [0.15, 0.2) is 35.4 Å². The number of ether oxygens (including phenoxy) is 1. The number of hydrogen-bond donors (Lipinski definition) is 1. The first-order chi connectivity index (χ1) is 8.34. The maximum atomic E-state index is 11.4. The molecule has 1 aromatic rings. The maximum Gasteiger partial charge on any atom is 0.277 e. The Morgan fingerprint density at radius 3 is 2.65 bits per heavy atom. The molecule has 1 amide bonds. The number of hydrazone groups is 1. The molecule has 2 rings (SSSR count). The van der Waals surface area contributed by atoms with Gasteiger partial charge in [0, 0.05) is 5.71 Å². The van der Waals surface area contributed by atoms with E-state index in [0.29, 0.717) is 5.75 Å². The summed E-state index contributed by atoms with van der Waals surface area (Å²) in [6.45, 7) is 0.000787. The number of hydrogen-bond acceptors (Lipinski definition) is 3. The van der Waals surface area contributed by atoms with Crippen molar-refractivity contribution in [3.05, 3.63) is 30.3 Å². The third kappa shape index (κ3) is 3.90. The molecule has 1 aromatic carbocycles. The van der Waals surface area contributed by atoms with Crippen molar-refractivity contribution >= 4 is 11.6 Å². The Kier molecular flexibility index (Phi) is 4.13. The van der Waals surface area contributed by atoms with E-state index in [1.54, 1.807) is 0 Å². The Morgan fingerprint density at radius 1 is 1.24 bits per heavy atom. The highest BCUT2D eigenvalue weighted by atomic mass is 16.5. The molecule has 1 aliphatic carbocycles. The van der Waals surface area contributed by atoms with E-state index in [2.05, 4.69) is 10.5 Å². The Morgan fingerprint density at radius 2 is 1.94 bits per heavy atom. The first-order valence-corrected chi connectivity index (χ1v) is 5.87. The molecule has 1 aliphatic rings. The molecule has 0 spiro atoms. The number of carbonyl (C=O) groups excluding carboxylic acids is 1. The average molecular weight is 232 g/mol. The van der Waals surface area contributed by atoms with Crippen molar-refractivity contribution in [2.24, 2.45) is 5.10 Å². The molecular weight excluding hydrogens is 216 g/mol. The summed E-state index contributed by atoms with van der Waals surface area (Å²) in [4.78, 5) is 11.4. The second kappa shape index (κ2) is 6.03. The molecule has 0 unspecified atom stereocenters. The van der Waals surface area contributed by atoms with Gasteiger partial charge in [0.1, 0.15) is 5.75 Å². The van der Waals surface area contributed by atoms with Crippen LogP contribution in [0.3, 0.4) is 0 Å².